The predicted octanol–water partition coefficient (Wildman–Crippen LogP) is 1.83. The molecule has 5 heteroatoms. The van der Waals surface area contributed by atoms with Crippen molar-refractivity contribution >= 4 is 17.3 Å². The Kier molecular flexibility index (Phi) is 5.07. The Balaban J connectivity index is 2.05. The second-order valence-electron chi connectivity index (χ2n) is 5.94. The van der Waals surface area contributed by atoms with Crippen LogP contribution in [0, 0.1) is 5.92 Å². The number of anilines is 2. The Morgan fingerprint density at radius 3 is 2.52 bits per heavy atom. The standard InChI is InChI=1S/C16H25N3O2/c1-12(2)11-18-6-8-19(9-7-18)13-4-5-15(17)14(10-13)16(20)21-3/h4-5,10,12H,6-9,11,17H2,1-3H3. The first-order valence-electron chi connectivity index (χ1n) is 7.46. The molecule has 1 aliphatic rings. The molecule has 0 aliphatic carbocycles. The summed E-state index contributed by atoms with van der Waals surface area (Å²) in [5.41, 5.74) is 7.79. The molecule has 1 aliphatic heterocycles. The van der Waals surface area contributed by atoms with Gasteiger partial charge in [0.2, 0.25) is 0 Å². The average molecular weight is 291 g/mol. The molecule has 1 aromatic carbocycles. The van der Waals surface area contributed by atoms with E-state index >= 15 is 0 Å². The van der Waals surface area contributed by atoms with E-state index in [2.05, 4.69) is 23.6 Å². The number of ether oxygens (including phenoxy) is 1. The highest BCUT2D eigenvalue weighted by Gasteiger charge is 2.19. The van der Waals surface area contributed by atoms with Crippen LogP contribution in [0.4, 0.5) is 11.4 Å². The largest absolute Gasteiger partial charge is 0.465 e. The van der Waals surface area contributed by atoms with E-state index in [-0.39, 0.29) is 5.97 Å². The van der Waals surface area contributed by atoms with Crippen molar-refractivity contribution in [2.24, 2.45) is 5.92 Å². The van der Waals surface area contributed by atoms with Crippen LogP contribution in [-0.2, 0) is 4.74 Å². The summed E-state index contributed by atoms with van der Waals surface area (Å²) in [5.74, 6) is 0.312. The number of hydrogen-bond acceptors (Lipinski definition) is 5. The van der Waals surface area contributed by atoms with E-state index in [4.69, 9.17) is 10.5 Å². The molecule has 0 radical (unpaired) electrons. The summed E-state index contributed by atoms with van der Waals surface area (Å²) >= 11 is 0. The fourth-order valence-electron chi connectivity index (χ4n) is 2.73. The van der Waals surface area contributed by atoms with Gasteiger partial charge >= 0.3 is 5.97 Å². The highest BCUT2D eigenvalue weighted by Crippen LogP contribution is 2.23. The molecule has 1 heterocycles. The van der Waals surface area contributed by atoms with E-state index in [1.165, 1.54) is 7.11 Å². The highest BCUT2D eigenvalue weighted by molar-refractivity contribution is 5.96. The molecule has 1 saturated heterocycles. The minimum atomic E-state index is -0.382. The first kappa shape index (κ1) is 15.6. The summed E-state index contributed by atoms with van der Waals surface area (Å²) in [7, 11) is 1.37. The van der Waals surface area contributed by atoms with Gasteiger partial charge in [-0.3, -0.25) is 4.90 Å². The molecule has 0 amide bonds. The van der Waals surface area contributed by atoms with Gasteiger partial charge in [-0.2, -0.15) is 0 Å². The van der Waals surface area contributed by atoms with Crippen LogP contribution in [0.15, 0.2) is 18.2 Å². The molecule has 1 aromatic rings. The van der Waals surface area contributed by atoms with Crippen LogP contribution >= 0.6 is 0 Å². The van der Waals surface area contributed by atoms with Gasteiger partial charge in [0.15, 0.2) is 0 Å². The fraction of sp³-hybridized carbons (Fsp3) is 0.562. The third-order valence-electron chi connectivity index (χ3n) is 3.80. The number of hydrogen-bond donors (Lipinski definition) is 1. The van der Waals surface area contributed by atoms with Crippen LogP contribution in [0.3, 0.4) is 0 Å². The second-order valence-corrected chi connectivity index (χ2v) is 5.94. The lowest BCUT2D eigenvalue weighted by Gasteiger charge is -2.37. The van der Waals surface area contributed by atoms with E-state index in [9.17, 15) is 4.79 Å². The molecule has 0 saturated carbocycles. The molecule has 116 valence electrons. The van der Waals surface area contributed by atoms with Crippen molar-refractivity contribution < 1.29 is 9.53 Å². The molecular formula is C16H25N3O2. The van der Waals surface area contributed by atoms with E-state index in [1.807, 2.05) is 12.1 Å². The van der Waals surface area contributed by atoms with Gasteiger partial charge < -0.3 is 15.4 Å². The molecule has 21 heavy (non-hydrogen) atoms. The van der Waals surface area contributed by atoms with Crippen molar-refractivity contribution in [2.45, 2.75) is 13.8 Å². The van der Waals surface area contributed by atoms with Gasteiger partial charge in [-0.05, 0) is 24.1 Å². The topological polar surface area (TPSA) is 58.8 Å². The Morgan fingerprint density at radius 1 is 1.29 bits per heavy atom. The normalized spacial score (nSPS) is 16.3. The molecule has 2 rings (SSSR count). The summed E-state index contributed by atoms with van der Waals surface area (Å²) in [6, 6.07) is 5.58. The zero-order valence-electron chi connectivity index (χ0n) is 13.1. The number of nitrogen functional groups attached to an aromatic ring is 1. The number of esters is 1. The quantitative estimate of drug-likeness (QED) is 0.677. The number of carbonyl (C=O) groups is 1. The van der Waals surface area contributed by atoms with Gasteiger partial charge in [0.1, 0.15) is 0 Å². The summed E-state index contributed by atoms with van der Waals surface area (Å²) in [6.45, 7) is 9.67. The lowest BCUT2D eigenvalue weighted by Crippen LogP contribution is -2.47. The maximum Gasteiger partial charge on any atom is 0.340 e. The number of carbonyl (C=O) groups excluding carboxylic acids is 1. The molecule has 0 spiro atoms. The zero-order chi connectivity index (χ0) is 15.4. The van der Waals surface area contributed by atoms with Crippen LogP contribution < -0.4 is 10.6 Å². The van der Waals surface area contributed by atoms with Crippen molar-refractivity contribution in [3.05, 3.63) is 23.8 Å². The van der Waals surface area contributed by atoms with Crippen LogP contribution in [0.1, 0.15) is 24.2 Å². The van der Waals surface area contributed by atoms with Crippen LogP contribution in [0.5, 0.6) is 0 Å². The third kappa shape index (κ3) is 3.88. The smallest absolute Gasteiger partial charge is 0.340 e. The number of rotatable bonds is 4. The number of methoxy groups -OCH3 is 1. The lowest BCUT2D eigenvalue weighted by atomic mass is 10.1. The number of benzene rings is 1. The van der Waals surface area contributed by atoms with E-state index < -0.39 is 0 Å². The van der Waals surface area contributed by atoms with E-state index in [0.717, 1.165) is 38.4 Å². The SMILES string of the molecule is COC(=O)c1cc(N2CCN(CC(C)C)CC2)ccc1N. The van der Waals surface area contributed by atoms with Crippen LogP contribution in [0.2, 0.25) is 0 Å². The average Bonchev–Trinajstić information content (AvgIpc) is 2.47. The highest BCUT2D eigenvalue weighted by atomic mass is 16.5. The predicted molar refractivity (Wildman–Crippen MR) is 85.7 cm³/mol. The molecular weight excluding hydrogens is 266 g/mol. The first-order chi connectivity index (χ1) is 10.0. The van der Waals surface area contributed by atoms with Gasteiger partial charge in [0.05, 0.1) is 12.7 Å². The summed E-state index contributed by atoms with van der Waals surface area (Å²) in [4.78, 5) is 16.5. The monoisotopic (exact) mass is 291 g/mol. The summed E-state index contributed by atoms with van der Waals surface area (Å²) in [6.07, 6.45) is 0. The van der Waals surface area contributed by atoms with Crippen LogP contribution in [-0.4, -0.2) is 50.7 Å². The van der Waals surface area contributed by atoms with Crippen molar-refractivity contribution in [2.75, 3.05) is 50.5 Å². The lowest BCUT2D eigenvalue weighted by molar-refractivity contribution is 0.0602. The van der Waals surface area contributed by atoms with Gasteiger partial charge in [0.25, 0.3) is 0 Å². The molecule has 0 atom stereocenters. The second kappa shape index (κ2) is 6.80. The maximum atomic E-state index is 11.7. The summed E-state index contributed by atoms with van der Waals surface area (Å²) < 4.78 is 4.77. The fourth-order valence-corrected chi connectivity index (χ4v) is 2.73. The Labute approximate surface area is 126 Å². The van der Waals surface area contributed by atoms with Gasteiger partial charge in [-0.15, -0.1) is 0 Å². The van der Waals surface area contributed by atoms with Crippen molar-refractivity contribution in [3.8, 4) is 0 Å². The molecule has 0 aromatic heterocycles. The number of nitrogens with two attached hydrogens (primary N) is 1. The molecule has 5 nitrogen and oxygen atoms in total. The third-order valence-corrected chi connectivity index (χ3v) is 3.80. The van der Waals surface area contributed by atoms with Crippen molar-refractivity contribution in [1.29, 1.82) is 0 Å². The Hall–Kier alpha value is -1.75. The Bertz CT molecular complexity index is 494. The van der Waals surface area contributed by atoms with E-state index in [1.54, 1.807) is 6.07 Å². The molecule has 1 fully saturated rings. The first-order valence-corrected chi connectivity index (χ1v) is 7.46. The summed E-state index contributed by atoms with van der Waals surface area (Å²) in [5, 5.41) is 0. The van der Waals surface area contributed by atoms with Crippen molar-refractivity contribution in [3.63, 3.8) is 0 Å². The number of nitrogens with zero attached hydrogens (tertiary/aromatic N) is 2. The minimum Gasteiger partial charge on any atom is -0.465 e. The molecule has 2 N–H and O–H groups in total. The molecule has 0 bridgehead atoms. The minimum absolute atomic E-state index is 0.382. The van der Waals surface area contributed by atoms with E-state index in [0.29, 0.717) is 17.2 Å². The molecule has 0 unspecified atom stereocenters. The van der Waals surface area contributed by atoms with Crippen LogP contribution in [0.25, 0.3) is 0 Å². The maximum absolute atomic E-state index is 11.7. The van der Waals surface area contributed by atoms with Gasteiger partial charge in [-0.25, -0.2) is 4.79 Å². The van der Waals surface area contributed by atoms with Gasteiger partial charge in [-0.1, -0.05) is 13.8 Å². The van der Waals surface area contributed by atoms with Gasteiger partial charge in [0, 0.05) is 44.1 Å². The number of piperazine rings is 1. The Morgan fingerprint density at radius 2 is 1.95 bits per heavy atom. The van der Waals surface area contributed by atoms with Crippen molar-refractivity contribution in [1.82, 2.24) is 4.90 Å². The zero-order valence-corrected chi connectivity index (χ0v) is 13.1.